The molecular weight excluding hydrogens is 286 g/mol. The molecule has 0 saturated carbocycles. The Bertz CT molecular complexity index is 704. The van der Waals surface area contributed by atoms with E-state index in [0.717, 1.165) is 6.21 Å². The van der Waals surface area contributed by atoms with Gasteiger partial charge in [0.1, 0.15) is 6.61 Å². The average Bonchev–Trinajstić information content (AvgIpc) is 2.71. The van der Waals surface area contributed by atoms with Gasteiger partial charge in [-0.05, 0) is 12.1 Å². The van der Waals surface area contributed by atoms with Crippen LogP contribution in [0.2, 0.25) is 0 Å². The molecule has 1 aliphatic rings. The Morgan fingerprint density at radius 2 is 1.95 bits per heavy atom. The summed E-state index contributed by atoms with van der Waals surface area (Å²) in [7, 11) is -2.65. The molecule has 1 heterocycles. The molecule has 7 nitrogen and oxygen atoms in total. The van der Waals surface area contributed by atoms with Crippen LogP contribution in [0.4, 0.5) is 0 Å². The van der Waals surface area contributed by atoms with Crippen LogP contribution < -0.4 is 9.47 Å². The van der Waals surface area contributed by atoms with Crippen molar-refractivity contribution in [3.05, 3.63) is 34.7 Å². The highest BCUT2D eigenvalue weighted by Gasteiger charge is 2.32. The maximum Gasteiger partial charge on any atom is 0.349 e. The van der Waals surface area contributed by atoms with E-state index in [2.05, 4.69) is 4.40 Å². The number of carboxylic acid groups (broad SMARTS) is 1. The molecule has 106 valence electrons. The van der Waals surface area contributed by atoms with Crippen LogP contribution >= 0.6 is 0 Å². The summed E-state index contributed by atoms with van der Waals surface area (Å²) in [6, 6.07) is 6.75. The van der Waals surface area contributed by atoms with Crippen molar-refractivity contribution >= 4 is 22.2 Å². The molecule has 1 aromatic carbocycles. The normalized spacial score (nSPS) is 16.2. The zero-order valence-corrected chi connectivity index (χ0v) is 11.3. The third-order valence-electron chi connectivity index (χ3n) is 2.54. The van der Waals surface area contributed by atoms with Gasteiger partial charge in [-0.15, -0.1) is 0 Å². The van der Waals surface area contributed by atoms with Crippen molar-refractivity contribution in [3.8, 4) is 11.5 Å². The fourth-order valence-corrected chi connectivity index (χ4v) is 2.69. The van der Waals surface area contributed by atoms with E-state index in [1.807, 2.05) is 0 Å². The molecule has 0 radical (unpaired) electrons. The number of methoxy groups -OCH3 is 1. The number of sulfonamides is 1. The molecule has 1 N–H and O–H groups in total. The average molecular weight is 297 g/mol. The third kappa shape index (κ3) is 2.64. The van der Waals surface area contributed by atoms with Crippen molar-refractivity contribution in [2.75, 3.05) is 13.7 Å². The Kier molecular flexibility index (Phi) is 3.75. The van der Waals surface area contributed by atoms with Gasteiger partial charge in [0.25, 0.3) is 10.0 Å². The summed E-state index contributed by atoms with van der Waals surface area (Å²) in [6.07, 6.45) is 0.980. The maximum atomic E-state index is 11.4. The Hall–Kier alpha value is -2.35. The predicted octanol–water partition coefficient (Wildman–Crippen LogP) is 0.827. The molecular formula is C12H11NO6S. The van der Waals surface area contributed by atoms with Crippen LogP contribution in [0.3, 0.4) is 0 Å². The maximum absolute atomic E-state index is 11.4. The quantitative estimate of drug-likeness (QED) is 0.863. The highest BCUT2D eigenvalue weighted by atomic mass is 32.2. The molecule has 0 aromatic heterocycles. The summed E-state index contributed by atoms with van der Waals surface area (Å²) in [5, 5.41) is 8.92. The monoisotopic (exact) mass is 297 g/mol. The molecule has 0 spiro atoms. The number of carbonyl (C=O) groups is 1. The first kappa shape index (κ1) is 14.1. The van der Waals surface area contributed by atoms with E-state index in [1.165, 1.54) is 7.11 Å². The van der Waals surface area contributed by atoms with E-state index < -0.39 is 20.9 Å². The van der Waals surface area contributed by atoms with Gasteiger partial charge in [0.15, 0.2) is 16.4 Å². The summed E-state index contributed by atoms with van der Waals surface area (Å²) in [4.78, 5) is 10.2. The fourth-order valence-electron chi connectivity index (χ4n) is 1.65. The van der Waals surface area contributed by atoms with E-state index in [0.29, 0.717) is 11.5 Å². The zero-order valence-electron chi connectivity index (χ0n) is 10.4. The summed E-state index contributed by atoms with van der Waals surface area (Å²) < 4.78 is 36.5. The summed E-state index contributed by atoms with van der Waals surface area (Å²) >= 11 is 0. The smallest absolute Gasteiger partial charge is 0.349 e. The molecule has 0 bridgehead atoms. The molecule has 1 aromatic rings. The predicted molar refractivity (Wildman–Crippen MR) is 70.6 cm³/mol. The highest BCUT2D eigenvalue weighted by molar-refractivity contribution is 7.95. The van der Waals surface area contributed by atoms with Gasteiger partial charge >= 0.3 is 5.97 Å². The molecule has 2 rings (SSSR count). The van der Waals surface area contributed by atoms with Gasteiger partial charge < -0.3 is 14.6 Å². The van der Waals surface area contributed by atoms with Crippen molar-refractivity contribution < 1.29 is 27.8 Å². The van der Waals surface area contributed by atoms with Gasteiger partial charge in [-0.2, -0.15) is 12.8 Å². The Morgan fingerprint density at radius 3 is 2.55 bits per heavy atom. The van der Waals surface area contributed by atoms with Crippen LogP contribution in [0, 0.1) is 0 Å². The Morgan fingerprint density at radius 1 is 1.30 bits per heavy atom. The molecule has 0 amide bonds. The molecule has 0 saturated heterocycles. The van der Waals surface area contributed by atoms with Crippen molar-refractivity contribution in [2.24, 2.45) is 4.40 Å². The minimum atomic E-state index is -4.12. The Labute approximate surface area is 115 Å². The van der Waals surface area contributed by atoms with E-state index >= 15 is 0 Å². The zero-order chi connectivity index (χ0) is 14.8. The first-order chi connectivity index (χ1) is 9.45. The SMILES string of the molecule is COc1ccccc1OCC1=C(C(=O)O)S(=O)(=O)N=C1. The van der Waals surface area contributed by atoms with Crippen molar-refractivity contribution in [1.29, 1.82) is 0 Å². The first-order valence-corrected chi connectivity index (χ1v) is 6.92. The second-order valence-electron chi connectivity index (χ2n) is 3.81. The number of nitrogens with zero attached hydrogens (tertiary/aromatic N) is 1. The number of benzene rings is 1. The lowest BCUT2D eigenvalue weighted by atomic mass is 10.2. The number of hydrogen-bond acceptors (Lipinski definition) is 5. The molecule has 20 heavy (non-hydrogen) atoms. The molecule has 0 aliphatic carbocycles. The molecule has 0 atom stereocenters. The van der Waals surface area contributed by atoms with Gasteiger partial charge in [0.05, 0.1) is 7.11 Å². The Balaban J connectivity index is 2.25. The number of aliphatic carboxylic acids is 1. The van der Waals surface area contributed by atoms with E-state index in [-0.39, 0.29) is 12.2 Å². The number of rotatable bonds is 5. The molecule has 1 aliphatic heterocycles. The standard InChI is InChI=1S/C12H11NO6S/c1-18-9-4-2-3-5-10(9)19-7-8-6-13-20(16,17)11(8)12(14)15/h2-6H,7H2,1H3,(H,14,15). The van der Waals surface area contributed by atoms with E-state index in [9.17, 15) is 13.2 Å². The number of para-hydroxylation sites is 2. The van der Waals surface area contributed by atoms with Gasteiger partial charge in [0.2, 0.25) is 0 Å². The lowest BCUT2D eigenvalue weighted by Crippen LogP contribution is -2.13. The van der Waals surface area contributed by atoms with Crippen LogP contribution in [-0.2, 0) is 14.8 Å². The molecule has 0 unspecified atom stereocenters. The number of ether oxygens (including phenoxy) is 2. The van der Waals surface area contributed by atoms with Crippen LogP contribution in [0.15, 0.2) is 39.1 Å². The second kappa shape index (κ2) is 5.33. The first-order valence-electron chi connectivity index (χ1n) is 5.48. The van der Waals surface area contributed by atoms with Gasteiger partial charge in [-0.25, -0.2) is 4.79 Å². The molecule has 0 fully saturated rings. The van der Waals surface area contributed by atoms with E-state index in [1.54, 1.807) is 24.3 Å². The van der Waals surface area contributed by atoms with Crippen LogP contribution in [0.1, 0.15) is 0 Å². The van der Waals surface area contributed by atoms with E-state index in [4.69, 9.17) is 14.6 Å². The van der Waals surface area contributed by atoms with Gasteiger partial charge in [-0.1, -0.05) is 12.1 Å². The largest absolute Gasteiger partial charge is 0.493 e. The summed E-state index contributed by atoms with van der Waals surface area (Å²) in [5.74, 6) is -0.714. The number of carboxylic acids is 1. The van der Waals surface area contributed by atoms with Crippen molar-refractivity contribution in [2.45, 2.75) is 0 Å². The lowest BCUT2D eigenvalue weighted by Gasteiger charge is -2.10. The summed E-state index contributed by atoms with van der Waals surface area (Å²) in [6.45, 7) is -0.231. The van der Waals surface area contributed by atoms with Crippen LogP contribution in [0.5, 0.6) is 11.5 Å². The minimum absolute atomic E-state index is 0.0107. The second-order valence-corrected chi connectivity index (χ2v) is 5.38. The van der Waals surface area contributed by atoms with Crippen molar-refractivity contribution in [3.63, 3.8) is 0 Å². The highest BCUT2D eigenvalue weighted by Crippen LogP contribution is 2.27. The van der Waals surface area contributed by atoms with Crippen LogP contribution in [-0.4, -0.2) is 39.4 Å². The lowest BCUT2D eigenvalue weighted by molar-refractivity contribution is -0.131. The van der Waals surface area contributed by atoms with Gasteiger partial charge in [-0.3, -0.25) is 0 Å². The summed E-state index contributed by atoms with van der Waals surface area (Å²) in [5.41, 5.74) is -0.0107. The van der Waals surface area contributed by atoms with Crippen molar-refractivity contribution in [1.82, 2.24) is 0 Å². The van der Waals surface area contributed by atoms with Crippen LogP contribution in [0.25, 0.3) is 0 Å². The van der Waals surface area contributed by atoms with Gasteiger partial charge in [0, 0.05) is 11.8 Å². The minimum Gasteiger partial charge on any atom is -0.493 e. The molecule has 8 heteroatoms. The third-order valence-corrected chi connectivity index (χ3v) is 3.88. The topological polar surface area (TPSA) is 102 Å². The fraction of sp³-hybridized carbons (Fsp3) is 0.167. The number of hydrogen-bond donors (Lipinski definition) is 1.